The fourth-order valence-corrected chi connectivity index (χ4v) is 2.27. The third-order valence-corrected chi connectivity index (χ3v) is 3.36. The number of rotatable bonds is 6. The molecule has 1 aromatic rings. The molecule has 0 bridgehead atoms. The van der Waals surface area contributed by atoms with Crippen molar-refractivity contribution in [1.29, 1.82) is 0 Å². The van der Waals surface area contributed by atoms with Gasteiger partial charge in [-0.3, -0.25) is 0 Å². The van der Waals surface area contributed by atoms with Crippen LogP contribution in [-0.2, 0) is 6.54 Å². The Balaban J connectivity index is 1.74. The SMILES string of the molecule is CN(Cc1ccc(F)cc1)CC1CC1CN=[N+]=[N-]. The fraction of sp³-hybridized carbons (Fsp3) is 0.538. The molecule has 2 atom stereocenters. The van der Waals surface area contributed by atoms with Gasteiger partial charge in [-0.25, -0.2) is 4.39 Å². The van der Waals surface area contributed by atoms with Crippen LogP contribution >= 0.6 is 0 Å². The second-order valence-electron chi connectivity index (χ2n) is 4.99. The van der Waals surface area contributed by atoms with Gasteiger partial charge in [0.15, 0.2) is 0 Å². The Morgan fingerprint density at radius 2 is 2.11 bits per heavy atom. The topological polar surface area (TPSA) is 52.0 Å². The van der Waals surface area contributed by atoms with Crippen LogP contribution in [0.5, 0.6) is 0 Å². The molecule has 4 nitrogen and oxygen atoms in total. The quantitative estimate of drug-likeness (QED) is 0.433. The molecule has 1 aromatic carbocycles. The van der Waals surface area contributed by atoms with E-state index in [1.807, 2.05) is 12.1 Å². The first-order valence-electron chi connectivity index (χ1n) is 6.13. The summed E-state index contributed by atoms with van der Waals surface area (Å²) in [5.74, 6) is 0.996. The van der Waals surface area contributed by atoms with Gasteiger partial charge >= 0.3 is 0 Å². The van der Waals surface area contributed by atoms with Crippen LogP contribution in [0.1, 0.15) is 12.0 Å². The summed E-state index contributed by atoms with van der Waals surface area (Å²) < 4.78 is 12.8. The molecule has 0 spiro atoms. The summed E-state index contributed by atoms with van der Waals surface area (Å²) in [6.07, 6.45) is 1.15. The predicted octanol–water partition coefficient (Wildman–Crippen LogP) is 3.20. The smallest absolute Gasteiger partial charge is 0.123 e. The van der Waals surface area contributed by atoms with Crippen LogP contribution in [0.25, 0.3) is 10.4 Å². The second kappa shape index (κ2) is 5.85. The van der Waals surface area contributed by atoms with E-state index in [2.05, 4.69) is 22.0 Å². The highest BCUT2D eigenvalue weighted by Crippen LogP contribution is 2.39. The summed E-state index contributed by atoms with van der Waals surface area (Å²) in [5, 5.41) is 3.61. The van der Waals surface area contributed by atoms with Gasteiger partial charge in [0, 0.05) is 24.5 Å². The molecular formula is C13H17FN4. The number of halogens is 1. The van der Waals surface area contributed by atoms with Crippen molar-refractivity contribution >= 4 is 0 Å². The van der Waals surface area contributed by atoms with Gasteiger partial charge in [-0.2, -0.15) is 0 Å². The lowest BCUT2D eigenvalue weighted by Gasteiger charge is -2.16. The first kappa shape index (κ1) is 12.9. The van der Waals surface area contributed by atoms with Crippen molar-refractivity contribution in [3.05, 3.63) is 46.1 Å². The number of nitrogens with zero attached hydrogens (tertiary/aromatic N) is 4. The Labute approximate surface area is 106 Å². The zero-order valence-corrected chi connectivity index (χ0v) is 10.5. The molecule has 0 aromatic heterocycles. The van der Waals surface area contributed by atoms with Gasteiger partial charge in [0.25, 0.3) is 0 Å². The monoisotopic (exact) mass is 248 g/mol. The normalized spacial score (nSPS) is 21.7. The minimum Gasteiger partial charge on any atom is -0.302 e. The molecule has 0 saturated heterocycles. The Hall–Kier alpha value is -1.58. The van der Waals surface area contributed by atoms with Crippen LogP contribution in [0.2, 0.25) is 0 Å². The van der Waals surface area contributed by atoms with Gasteiger partial charge < -0.3 is 4.90 Å². The van der Waals surface area contributed by atoms with Gasteiger partial charge in [-0.1, -0.05) is 17.2 Å². The molecule has 96 valence electrons. The zero-order chi connectivity index (χ0) is 13.0. The van der Waals surface area contributed by atoms with Crippen molar-refractivity contribution in [2.24, 2.45) is 17.0 Å². The number of hydrogen-bond donors (Lipinski definition) is 0. The molecule has 0 N–H and O–H groups in total. The van der Waals surface area contributed by atoms with Crippen LogP contribution in [0.3, 0.4) is 0 Å². The summed E-state index contributed by atoms with van der Waals surface area (Å²) in [6, 6.07) is 6.61. The summed E-state index contributed by atoms with van der Waals surface area (Å²) in [7, 11) is 2.06. The van der Waals surface area contributed by atoms with Crippen molar-refractivity contribution < 1.29 is 4.39 Å². The molecule has 2 rings (SSSR count). The van der Waals surface area contributed by atoms with Crippen molar-refractivity contribution in [1.82, 2.24) is 4.90 Å². The van der Waals surface area contributed by atoms with E-state index in [9.17, 15) is 4.39 Å². The number of hydrogen-bond acceptors (Lipinski definition) is 2. The lowest BCUT2D eigenvalue weighted by molar-refractivity contribution is 0.306. The van der Waals surface area contributed by atoms with E-state index in [0.29, 0.717) is 18.4 Å². The maximum Gasteiger partial charge on any atom is 0.123 e. The van der Waals surface area contributed by atoms with Gasteiger partial charge in [0.1, 0.15) is 5.82 Å². The first-order chi connectivity index (χ1) is 8.69. The molecule has 1 fully saturated rings. The van der Waals surface area contributed by atoms with Crippen LogP contribution in [0, 0.1) is 17.7 Å². The fourth-order valence-electron chi connectivity index (χ4n) is 2.27. The van der Waals surface area contributed by atoms with Crippen LogP contribution in [0.15, 0.2) is 29.4 Å². The number of benzene rings is 1. The van der Waals surface area contributed by atoms with Gasteiger partial charge in [0.2, 0.25) is 0 Å². The summed E-state index contributed by atoms with van der Waals surface area (Å²) in [4.78, 5) is 5.01. The lowest BCUT2D eigenvalue weighted by Crippen LogP contribution is -2.21. The van der Waals surface area contributed by atoms with Crippen molar-refractivity contribution in [2.45, 2.75) is 13.0 Å². The third-order valence-electron chi connectivity index (χ3n) is 3.36. The van der Waals surface area contributed by atoms with Crippen LogP contribution in [0.4, 0.5) is 4.39 Å². The van der Waals surface area contributed by atoms with E-state index < -0.39 is 0 Å². The molecule has 18 heavy (non-hydrogen) atoms. The van der Waals surface area contributed by atoms with E-state index in [0.717, 1.165) is 25.1 Å². The third kappa shape index (κ3) is 3.72. The molecular weight excluding hydrogens is 231 g/mol. The molecule has 0 amide bonds. The molecule has 2 unspecified atom stereocenters. The molecule has 1 aliphatic carbocycles. The minimum atomic E-state index is -0.196. The average molecular weight is 248 g/mol. The van der Waals surface area contributed by atoms with Crippen LogP contribution < -0.4 is 0 Å². The largest absolute Gasteiger partial charge is 0.302 e. The first-order valence-corrected chi connectivity index (χ1v) is 6.13. The summed E-state index contributed by atoms with van der Waals surface area (Å²) in [6.45, 7) is 2.44. The highest BCUT2D eigenvalue weighted by atomic mass is 19.1. The molecule has 1 saturated carbocycles. The summed E-state index contributed by atoms with van der Waals surface area (Å²) >= 11 is 0. The van der Waals surface area contributed by atoms with E-state index >= 15 is 0 Å². The highest BCUT2D eigenvalue weighted by Gasteiger charge is 2.36. The Kier molecular flexibility index (Phi) is 4.18. The Morgan fingerprint density at radius 3 is 2.78 bits per heavy atom. The molecule has 5 heteroatoms. The van der Waals surface area contributed by atoms with Crippen LogP contribution in [-0.4, -0.2) is 25.0 Å². The van der Waals surface area contributed by atoms with E-state index in [4.69, 9.17) is 5.53 Å². The average Bonchev–Trinajstić information content (AvgIpc) is 3.08. The van der Waals surface area contributed by atoms with Gasteiger partial charge in [-0.05, 0) is 48.5 Å². The maximum atomic E-state index is 12.8. The molecule has 0 radical (unpaired) electrons. The predicted molar refractivity (Wildman–Crippen MR) is 68.3 cm³/mol. The standard InChI is InChI=1S/C13H17FN4/c1-18(8-10-2-4-13(14)5-3-10)9-12-6-11(12)7-16-17-15/h2-5,11-12H,6-9H2,1H3. The Bertz CT molecular complexity index is 439. The number of azide groups is 1. The zero-order valence-electron chi connectivity index (χ0n) is 10.5. The van der Waals surface area contributed by atoms with E-state index in [-0.39, 0.29) is 5.82 Å². The van der Waals surface area contributed by atoms with Gasteiger partial charge in [0.05, 0.1) is 0 Å². The maximum absolute atomic E-state index is 12.8. The lowest BCUT2D eigenvalue weighted by atomic mass is 10.2. The Morgan fingerprint density at radius 1 is 1.39 bits per heavy atom. The minimum absolute atomic E-state index is 0.196. The van der Waals surface area contributed by atoms with E-state index in [1.54, 1.807) is 0 Å². The van der Waals surface area contributed by atoms with Crippen molar-refractivity contribution in [3.8, 4) is 0 Å². The second-order valence-corrected chi connectivity index (χ2v) is 4.99. The van der Waals surface area contributed by atoms with Crippen molar-refractivity contribution in [3.63, 3.8) is 0 Å². The highest BCUT2D eigenvalue weighted by molar-refractivity contribution is 5.15. The molecule has 1 aliphatic rings. The molecule has 0 aliphatic heterocycles. The van der Waals surface area contributed by atoms with Crippen molar-refractivity contribution in [2.75, 3.05) is 20.1 Å². The van der Waals surface area contributed by atoms with E-state index in [1.165, 1.54) is 12.1 Å². The van der Waals surface area contributed by atoms with Gasteiger partial charge in [-0.15, -0.1) is 0 Å². The molecule has 0 heterocycles. The summed E-state index contributed by atoms with van der Waals surface area (Å²) in [5.41, 5.74) is 9.36.